The Hall–Kier alpha value is -1.19. The van der Waals surface area contributed by atoms with Crippen LogP contribution in [0.15, 0.2) is 28.7 Å². The van der Waals surface area contributed by atoms with E-state index in [0.717, 1.165) is 22.3 Å². The number of nitrogens with one attached hydrogen (secondary N) is 1. The van der Waals surface area contributed by atoms with Gasteiger partial charge in [-0.15, -0.1) is 24.8 Å². The number of nitrogens with two attached hydrogens (primary N) is 1. The van der Waals surface area contributed by atoms with Crippen LogP contribution in [-0.2, 0) is 0 Å². The molecule has 1 aromatic heterocycles. The van der Waals surface area contributed by atoms with Crippen LogP contribution >= 0.6 is 24.8 Å². The molecule has 0 aliphatic rings. The molecule has 2 aromatic rings. The van der Waals surface area contributed by atoms with Crippen LogP contribution in [0.25, 0.3) is 11.0 Å². The Labute approximate surface area is 113 Å². The highest BCUT2D eigenvalue weighted by Gasteiger charge is 2.08. The van der Waals surface area contributed by atoms with Crippen LogP contribution in [0.3, 0.4) is 0 Å². The summed E-state index contributed by atoms with van der Waals surface area (Å²) in [5.74, 6) is 1.42. The van der Waals surface area contributed by atoms with E-state index in [4.69, 9.17) is 15.6 Å². The number of halogens is 2. The number of benzene rings is 1. The van der Waals surface area contributed by atoms with E-state index in [0.29, 0.717) is 5.92 Å². The molecule has 0 unspecified atom stereocenters. The van der Waals surface area contributed by atoms with Crippen molar-refractivity contribution in [2.45, 2.75) is 19.8 Å². The van der Waals surface area contributed by atoms with E-state index in [-0.39, 0.29) is 30.6 Å². The predicted molar refractivity (Wildman–Crippen MR) is 75.8 cm³/mol. The van der Waals surface area contributed by atoms with Crippen LogP contribution in [0.4, 0.5) is 0 Å². The summed E-state index contributed by atoms with van der Waals surface area (Å²) in [5.41, 5.74) is 7.01. The highest BCUT2D eigenvalue weighted by Crippen LogP contribution is 2.25. The maximum atomic E-state index is 7.35. The van der Waals surface area contributed by atoms with Crippen molar-refractivity contribution in [3.8, 4) is 0 Å². The van der Waals surface area contributed by atoms with Crippen molar-refractivity contribution in [2.24, 2.45) is 5.73 Å². The molecule has 0 saturated carbocycles. The van der Waals surface area contributed by atoms with Gasteiger partial charge in [0.15, 0.2) is 0 Å². The average Bonchev–Trinajstić information content (AvgIpc) is 2.59. The monoisotopic (exact) mass is 274 g/mol. The van der Waals surface area contributed by atoms with Gasteiger partial charge in [0.1, 0.15) is 17.2 Å². The van der Waals surface area contributed by atoms with E-state index < -0.39 is 0 Å². The van der Waals surface area contributed by atoms with Crippen LogP contribution in [-0.4, -0.2) is 5.84 Å². The predicted octanol–water partition coefficient (Wildman–Crippen LogP) is 3.68. The van der Waals surface area contributed by atoms with Crippen LogP contribution < -0.4 is 5.73 Å². The fraction of sp³-hybridized carbons (Fsp3) is 0.250. The van der Waals surface area contributed by atoms with Gasteiger partial charge in [0.05, 0.1) is 0 Å². The lowest BCUT2D eigenvalue weighted by Gasteiger charge is -1.96. The van der Waals surface area contributed by atoms with Crippen LogP contribution in [0.1, 0.15) is 31.1 Å². The number of hydrogen-bond acceptors (Lipinski definition) is 2. The molecule has 94 valence electrons. The molecule has 5 heteroatoms. The molecule has 2 rings (SSSR count). The molecule has 0 fully saturated rings. The molecule has 3 nitrogen and oxygen atoms in total. The molecule has 0 bridgehead atoms. The molecule has 0 aliphatic carbocycles. The summed E-state index contributed by atoms with van der Waals surface area (Å²) in [6.45, 7) is 4.17. The minimum Gasteiger partial charge on any atom is -0.461 e. The summed E-state index contributed by atoms with van der Waals surface area (Å²) >= 11 is 0. The highest BCUT2D eigenvalue weighted by molar-refractivity contribution is 5.98. The number of fused-ring (bicyclic) bond motifs is 1. The van der Waals surface area contributed by atoms with E-state index in [1.807, 2.05) is 18.2 Å². The van der Waals surface area contributed by atoms with Gasteiger partial charge >= 0.3 is 0 Å². The van der Waals surface area contributed by atoms with Crippen LogP contribution in [0.5, 0.6) is 0 Å². The normalized spacial score (nSPS) is 9.82. The second kappa shape index (κ2) is 5.94. The van der Waals surface area contributed by atoms with Crippen molar-refractivity contribution in [1.82, 2.24) is 0 Å². The average molecular weight is 275 g/mol. The van der Waals surface area contributed by atoms with Crippen LogP contribution in [0.2, 0.25) is 0 Å². The fourth-order valence-electron chi connectivity index (χ4n) is 1.52. The van der Waals surface area contributed by atoms with Crippen molar-refractivity contribution in [2.75, 3.05) is 0 Å². The van der Waals surface area contributed by atoms with Gasteiger partial charge in [-0.3, -0.25) is 5.41 Å². The van der Waals surface area contributed by atoms with Gasteiger partial charge in [0, 0.05) is 16.9 Å². The zero-order valence-corrected chi connectivity index (χ0v) is 11.3. The Morgan fingerprint density at radius 3 is 2.41 bits per heavy atom. The first kappa shape index (κ1) is 15.8. The summed E-state index contributed by atoms with van der Waals surface area (Å²) in [7, 11) is 0. The van der Waals surface area contributed by atoms with E-state index in [9.17, 15) is 0 Å². The maximum Gasteiger partial charge on any atom is 0.134 e. The molecule has 0 amide bonds. The van der Waals surface area contributed by atoms with Crippen molar-refractivity contribution in [3.05, 3.63) is 35.6 Å². The fourth-order valence-corrected chi connectivity index (χ4v) is 1.52. The molecule has 17 heavy (non-hydrogen) atoms. The van der Waals surface area contributed by atoms with Crippen molar-refractivity contribution in [3.63, 3.8) is 0 Å². The number of nitrogen functional groups attached to an aromatic ring is 1. The lowest BCUT2D eigenvalue weighted by atomic mass is 10.1. The van der Waals surface area contributed by atoms with Gasteiger partial charge in [0.2, 0.25) is 0 Å². The second-order valence-electron chi connectivity index (χ2n) is 3.97. The van der Waals surface area contributed by atoms with E-state index in [1.165, 1.54) is 0 Å². The van der Waals surface area contributed by atoms with Crippen molar-refractivity contribution < 1.29 is 4.42 Å². The second-order valence-corrected chi connectivity index (χ2v) is 3.97. The molecule has 1 heterocycles. The molecule has 0 spiro atoms. The Kier molecular flexibility index (Phi) is 5.52. The molecule has 0 aliphatic heterocycles. The van der Waals surface area contributed by atoms with Gasteiger partial charge in [-0.2, -0.15) is 0 Å². The maximum absolute atomic E-state index is 7.35. The third-order valence-corrected chi connectivity index (χ3v) is 2.42. The lowest BCUT2D eigenvalue weighted by Crippen LogP contribution is -2.10. The summed E-state index contributed by atoms with van der Waals surface area (Å²) in [6, 6.07) is 7.55. The highest BCUT2D eigenvalue weighted by atomic mass is 35.5. The smallest absolute Gasteiger partial charge is 0.134 e. The Balaban J connectivity index is 0.00000128. The largest absolute Gasteiger partial charge is 0.461 e. The lowest BCUT2D eigenvalue weighted by molar-refractivity contribution is 0.522. The Morgan fingerprint density at radius 1 is 1.24 bits per heavy atom. The summed E-state index contributed by atoms with van der Waals surface area (Å²) in [6.07, 6.45) is 0. The van der Waals surface area contributed by atoms with Gasteiger partial charge in [-0.05, 0) is 24.3 Å². The van der Waals surface area contributed by atoms with Crippen molar-refractivity contribution in [1.29, 1.82) is 5.41 Å². The third-order valence-electron chi connectivity index (χ3n) is 2.42. The summed E-state index contributed by atoms with van der Waals surface area (Å²) in [4.78, 5) is 0. The quantitative estimate of drug-likeness (QED) is 0.648. The van der Waals surface area contributed by atoms with Crippen LogP contribution in [0, 0.1) is 5.41 Å². The Bertz CT molecular complexity index is 520. The SMILES string of the molecule is CC(C)c1cc2cc(C(=N)N)ccc2o1.Cl.Cl. The first-order chi connectivity index (χ1) is 7.08. The topological polar surface area (TPSA) is 63.0 Å². The summed E-state index contributed by atoms with van der Waals surface area (Å²) in [5, 5.41) is 8.36. The van der Waals surface area contributed by atoms with E-state index in [2.05, 4.69) is 13.8 Å². The molecule has 0 saturated heterocycles. The van der Waals surface area contributed by atoms with Gasteiger partial charge < -0.3 is 10.2 Å². The minimum absolute atomic E-state index is 0. The first-order valence-electron chi connectivity index (χ1n) is 4.96. The van der Waals surface area contributed by atoms with Gasteiger partial charge in [0.25, 0.3) is 0 Å². The van der Waals surface area contributed by atoms with Gasteiger partial charge in [-0.25, -0.2) is 0 Å². The molecule has 1 aromatic carbocycles. The number of amidine groups is 1. The standard InChI is InChI=1S/C12H14N2O.2ClH/c1-7(2)11-6-9-5-8(12(13)14)3-4-10(9)15-11;;/h3-7H,1-2H3,(H3,13,14);2*1H. The number of furan rings is 1. The first-order valence-corrected chi connectivity index (χ1v) is 4.96. The third kappa shape index (κ3) is 3.14. The minimum atomic E-state index is 0. The zero-order chi connectivity index (χ0) is 11.0. The van der Waals surface area contributed by atoms with Gasteiger partial charge in [-0.1, -0.05) is 13.8 Å². The van der Waals surface area contributed by atoms with E-state index in [1.54, 1.807) is 6.07 Å². The molecular weight excluding hydrogens is 259 g/mol. The molecule has 0 atom stereocenters. The number of rotatable bonds is 2. The number of hydrogen-bond donors (Lipinski definition) is 2. The molecule has 3 N–H and O–H groups in total. The summed E-state index contributed by atoms with van der Waals surface area (Å²) < 4.78 is 5.65. The Morgan fingerprint density at radius 2 is 1.88 bits per heavy atom. The zero-order valence-electron chi connectivity index (χ0n) is 9.69. The van der Waals surface area contributed by atoms with Crippen molar-refractivity contribution >= 4 is 41.6 Å². The molecular formula is C12H16Cl2N2O. The molecule has 0 radical (unpaired) electrons. The van der Waals surface area contributed by atoms with E-state index >= 15 is 0 Å².